The highest BCUT2D eigenvalue weighted by Gasteiger charge is 2.09. The smallest absolute Gasteiger partial charge is 0.338 e. The predicted octanol–water partition coefficient (Wildman–Crippen LogP) is 3.79. The van der Waals surface area contributed by atoms with E-state index in [1.165, 1.54) is 6.92 Å². The van der Waals surface area contributed by atoms with E-state index in [2.05, 4.69) is 4.98 Å². The number of benzene rings is 2. The number of hydrogen-bond acceptors (Lipinski definition) is 4. The van der Waals surface area contributed by atoms with Gasteiger partial charge in [0.2, 0.25) is 0 Å². The second-order valence-corrected chi connectivity index (χ2v) is 5.27. The number of carbonyl (C=O) groups excluding carboxylic acids is 2. The minimum Gasteiger partial charge on any atom is -0.457 e. The average Bonchev–Trinajstić information content (AvgIpc) is 2.59. The molecule has 2 aromatic carbocycles. The molecule has 0 aliphatic heterocycles. The molecule has 0 amide bonds. The zero-order valence-corrected chi connectivity index (χ0v) is 12.7. The molecule has 0 atom stereocenters. The Morgan fingerprint density at radius 1 is 1.00 bits per heavy atom. The Hall–Kier alpha value is -3.01. The fourth-order valence-corrected chi connectivity index (χ4v) is 2.32. The third-order valence-corrected chi connectivity index (χ3v) is 3.58. The summed E-state index contributed by atoms with van der Waals surface area (Å²) in [6.07, 6.45) is 3.42. The van der Waals surface area contributed by atoms with Crippen LogP contribution in [0.15, 0.2) is 60.9 Å². The second kappa shape index (κ2) is 6.40. The lowest BCUT2D eigenvalue weighted by molar-refractivity contribution is 0.0473. The van der Waals surface area contributed by atoms with Gasteiger partial charge in [0.25, 0.3) is 0 Å². The number of ether oxygens (including phenoxy) is 1. The minimum atomic E-state index is -0.399. The van der Waals surface area contributed by atoms with Crippen molar-refractivity contribution in [3.05, 3.63) is 77.6 Å². The zero-order chi connectivity index (χ0) is 16.2. The van der Waals surface area contributed by atoms with Crippen molar-refractivity contribution in [1.82, 2.24) is 4.98 Å². The topological polar surface area (TPSA) is 56.3 Å². The lowest BCUT2D eigenvalue weighted by atomic mass is 10.1. The van der Waals surface area contributed by atoms with Gasteiger partial charge >= 0.3 is 5.97 Å². The molecule has 0 saturated carbocycles. The highest BCUT2D eigenvalue weighted by molar-refractivity contribution is 5.95. The molecule has 23 heavy (non-hydrogen) atoms. The van der Waals surface area contributed by atoms with Crippen LogP contribution in [0, 0.1) is 0 Å². The Bertz CT molecular complexity index is 886. The lowest BCUT2D eigenvalue weighted by Gasteiger charge is -2.07. The van der Waals surface area contributed by atoms with Gasteiger partial charge in [-0.25, -0.2) is 4.79 Å². The van der Waals surface area contributed by atoms with Crippen LogP contribution in [-0.2, 0) is 11.3 Å². The molecule has 3 rings (SSSR count). The first-order chi connectivity index (χ1) is 11.1. The normalized spacial score (nSPS) is 10.5. The number of pyridine rings is 1. The summed E-state index contributed by atoms with van der Waals surface area (Å²) >= 11 is 0. The van der Waals surface area contributed by atoms with Crippen molar-refractivity contribution in [2.24, 2.45) is 0 Å². The lowest BCUT2D eigenvalue weighted by Crippen LogP contribution is -2.05. The summed E-state index contributed by atoms with van der Waals surface area (Å²) in [7, 11) is 0. The van der Waals surface area contributed by atoms with Gasteiger partial charge < -0.3 is 4.74 Å². The molecule has 114 valence electrons. The Morgan fingerprint density at radius 3 is 2.70 bits per heavy atom. The summed E-state index contributed by atoms with van der Waals surface area (Å²) in [6.45, 7) is 1.64. The van der Waals surface area contributed by atoms with Gasteiger partial charge in [-0.05, 0) is 42.1 Å². The van der Waals surface area contributed by atoms with Crippen LogP contribution in [0.1, 0.15) is 33.2 Å². The van der Waals surface area contributed by atoms with Gasteiger partial charge in [-0.2, -0.15) is 0 Å². The van der Waals surface area contributed by atoms with E-state index in [0.717, 1.165) is 16.3 Å². The number of nitrogens with zero attached hydrogens (tertiary/aromatic N) is 1. The van der Waals surface area contributed by atoms with E-state index in [1.54, 1.807) is 42.7 Å². The van der Waals surface area contributed by atoms with Crippen LogP contribution in [-0.4, -0.2) is 16.7 Å². The molecular weight excluding hydrogens is 290 g/mol. The zero-order valence-electron chi connectivity index (χ0n) is 12.7. The quantitative estimate of drug-likeness (QED) is 0.543. The first-order valence-electron chi connectivity index (χ1n) is 7.24. The number of aromatic nitrogens is 1. The average molecular weight is 305 g/mol. The third-order valence-electron chi connectivity index (χ3n) is 3.58. The van der Waals surface area contributed by atoms with E-state index in [1.807, 2.05) is 18.2 Å². The Kier molecular flexibility index (Phi) is 4.15. The van der Waals surface area contributed by atoms with E-state index < -0.39 is 5.97 Å². The van der Waals surface area contributed by atoms with Crippen molar-refractivity contribution >= 4 is 22.5 Å². The highest BCUT2D eigenvalue weighted by Crippen LogP contribution is 2.16. The first kappa shape index (κ1) is 14.9. The molecule has 0 spiro atoms. The van der Waals surface area contributed by atoms with Crippen LogP contribution >= 0.6 is 0 Å². The van der Waals surface area contributed by atoms with E-state index in [4.69, 9.17) is 4.74 Å². The van der Waals surface area contributed by atoms with Gasteiger partial charge in [0.05, 0.1) is 5.56 Å². The van der Waals surface area contributed by atoms with Crippen molar-refractivity contribution in [2.45, 2.75) is 13.5 Å². The van der Waals surface area contributed by atoms with Crippen molar-refractivity contribution in [3.63, 3.8) is 0 Å². The molecule has 0 N–H and O–H groups in total. The molecule has 0 aliphatic rings. The molecule has 0 bridgehead atoms. The summed E-state index contributed by atoms with van der Waals surface area (Å²) in [6, 6.07) is 14.3. The van der Waals surface area contributed by atoms with Gasteiger partial charge in [0.1, 0.15) is 6.61 Å². The SMILES string of the molecule is CC(=O)c1cccc(COC(=O)c2ccc3ccncc3c2)c1. The molecule has 0 fully saturated rings. The first-order valence-corrected chi connectivity index (χ1v) is 7.24. The maximum atomic E-state index is 12.2. The summed E-state index contributed by atoms with van der Waals surface area (Å²) < 4.78 is 5.33. The summed E-state index contributed by atoms with van der Waals surface area (Å²) in [5.74, 6) is -0.413. The maximum absolute atomic E-state index is 12.2. The van der Waals surface area contributed by atoms with Gasteiger partial charge in [0, 0.05) is 23.3 Å². The van der Waals surface area contributed by atoms with Gasteiger partial charge in [-0.15, -0.1) is 0 Å². The molecule has 0 aliphatic carbocycles. The molecule has 4 nitrogen and oxygen atoms in total. The molecule has 1 aromatic heterocycles. The molecule has 0 unspecified atom stereocenters. The van der Waals surface area contributed by atoms with Crippen LogP contribution in [0.2, 0.25) is 0 Å². The molecule has 4 heteroatoms. The minimum absolute atomic E-state index is 0.0137. The number of rotatable bonds is 4. The summed E-state index contributed by atoms with van der Waals surface area (Å²) in [4.78, 5) is 27.6. The number of carbonyl (C=O) groups is 2. The Labute approximate surface area is 133 Å². The van der Waals surface area contributed by atoms with Gasteiger partial charge in [0.15, 0.2) is 5.78 Å². The fourth-order valence-electron chi connectivity index (χ4n) is 2.32. The molecular formula is C19H15NO3. The van der Waals surface area contributed by atoms with Gasteiger partial charge in [-0.1, -0.05) is 24.3 Å². The van der Waals surface area contributed by atoms with Crippen molar-refractivity contribution in [3.8, 4) is 0 Å². The Balaban J connectivity index is 1.73. The van der Waals surface area contributed by atoms with E-state index >= 15 is 0 Å². The number of Topliss-reactive ketones (excluding diaryl/α,β-unsaturated/α-hetero) is 1. The van der Waals surface area contributed by atoms with Crippen molar-refractivity contribution < 1.29 is 14.3 Å². The van der Waals surface area contributed by atoms with E-state index in [-0.39, 0.29) is 12.4 Å². The van der Waals surface area contributed by atoms with Gasteiger partial charge in [-0.3, -0.25) is 9.78 Å². The maximum Gasteiger partial charge on any atom is 0.338 e. The summed E-state index contributed by atoms with van der Waals surface area (Å²) in [5, 5.41) is 1.91. The Morgan fingerprint density at radius 2 is 1.87 bits per heavy atom. The van der Waals surface area contributed by atoms with E-state index in [9.17, 15) is 9.59 Å². The third kappa shape index (κ3) is 3.43. The van der Waals surface area contributed by atoms with Crippen molar-refractivity contribution in [1.29, 1.82) is 0 Å². The van der Waals surface area contributed by atoms with E-state index in [0.29, 0.717) is 11.1 Å². The molecule has 1 heterocycles. The number of fused-ring (bicyclic) bond motifs is 1. The number of hydrogen-bond donors (Lipinski definition) is 0. The molecule has 0 radical (unpaired) electrons. The largest absolute Gasteiger partial charge is 0.457 e. The van der Waals surface area contributed by atoms with Crippen LogP contribution in [0.25, 0.3) is 10.8 Å². The predicted molar refractivity (Wildman–Crippen MR) is 87.3 cm³/mol. The van der Waals surface area contributed by atoms with Crippen LogP contribution in [0.5, 0.6) is 0 Å². The summed E-state index contributed by atoms with van der Waals surface area (Å²) in [5.41, 5.74) is 1.87. The highest BCUT2D eigenvalue weighted by atomic mass is 16.5. The standard InChI is InChI=1S/C19H15NO3/c1-13(21)16-4-2-3-14(9-16)12-23-19(22)17-6-5-15-7-8-20-11-18(15)10-17/h2-11H,12H2,1H3. The fraction of sp³-hybridized carbons (Fsp3) is 0.105. The monoisotopic (exact) mass is 305 g/mol. The second-order valence-electron chi connectivity index (χ2n) is 5.27. The van der Waals surface area contributed by atoms with Crippen LogP contribution in [0.3, 0.4) is 0 Å². The molecule has 3 aromatic rings. The van der Waals surface area contributed by atoms with Crippen LogP contribution in [0.4, 0.5) is 0 Å². The number of esters is 1. The van der Waals surface area contributed by atoms with Crippen molar-refractivity contribution in [2.75, 3.05) is 0 Å². The van der Waals surface area contributed by atoms with Crippen LogP contribution < -0.4 is 0 Å². The number of ketones is 1. The molecule has 0 saturated heterocycles.